The van der Waals surface area contributed by atoms with Gasteiger partial charge in [0.15, 0.2) is 0 Å². The van der Waals surface area contributed by atoms with Gasteiger partial charge in [-0.15, -0.1) is 0 Å². The second-order valence-electron chi connectivity index (χ2n) is 4.56. The number of aromatic nitrogens is 1. The number of anilines is 1. The molecule has 0 aliphatic carbocycles. The second kappa shape index (κ2) is 5.53. The molecule has 20 heavy (non-hydrogen) atoms. The largest absolute Gasteiger partial charge is 0.276 e. The molecule has 0 amide bonds. The van der Waals surface area contributed by atoms with Crippen molar-refractivity contribution in [3.05, 3.63) is 72.4 Å². The average molecular weight is 261 g/mol. The van der Waals surface area contributed by atoms with Crippen molar-refractivity contribution in [2.75, 3.05) is 5.43 Å². The van der Waals surface area contributed by atoms with E-state index in [4.69, 9.17) is 0 Å². The van der Waals surface area contributed by atoms with Gasteiger partial charge in [-0.2, -0.15) is 5.10 Å². The van der Waals surface area contributed by atoms with E-state index < -0.39 is 0 Å². The normalized spacial score (nSPS) is 11.6. The summed E-state index contributed by atoms with van der Waals surface area (Å²) in [5.41, 5.74) is 7.00. The number of rotatable bonds is 3. The van der Waals surface area contributed by atoms with E-state index in [9.17, 15) is 0 Å². The molecule has 3 rings (SSSR count). The minimum absolute atomic E-state index is 0.915. The van der Waals surface area contributed by atoms with Crippen molar-refractivity contribution < 1.29 is 0 Å². The van der Waals surface area contributed by atoms with Crippen LogP contribution in [0.25, 0.3) is 10.9 Å². The van der Waals surface area contributed by atoms with Gasteiger partial charge in [-0.3, -0.25) is 10.4 Å². The van der Waals surface area contributed by atoms with Crippen LogP contribution in [0, 0.1) is 0 Å². The monoisotopic (exact) mass is 261 g/mol. The first-order chi connectivity index (χ1) is 9.84. The number of benzene rings is 2. The molecule has 3 nitrogen and oxygen atoms in total. The predicted molar refractivity (Wildman–Crippen MR) is 84.0 cm³/mol. The molecule has 0 fully saturated rings. The first-order valence-electron chi connectivity index (χ1n) is 6.54. The highest BCUT2D eigenvalue weighted by atomic mass is 15.3. The molecule has 1 heterocycles. The maximum Gasteiger partial charge on any atom is 0.0951 e. The summed E-state index contributed by atoms with van der Waals surface area (Å²) in [5.74, 6) is 0. The molecule has 2 aromatic carbocycles. The number of hydrogen-bond donors (Lipinski definition) is 1. The Morgan fingerprint density at radius 1 is 0.950 bits per heavy atom. The Kier molecular flexibility index (Phi) is 3.42. The minimum Gasteiger partial charge on any atom is -0.276 e. The highest BCUT2D eigenvalue weighted by molar-refractivity contribution is 5.99. The summed E-state index contributed by atoms with van der Waals surface area (Å²) in [7, 11) is 0. The van der Waals surface area contributed by atoms with Crippen molar-refractivity contribution in [2.45, 2.75) is 6.92 Å². The fraction of sp³-hybridized carbons (Fsp3) is 0.0588. The summed E-state index contributed by atoms with van der Waals surface area (Å²) in [4.78, 5) is 4.40. The van der Waals surface area contributed by atoms with E-state index in [0.29, 0.717) is 0 Å². The third-order valence-corrected chi connectivity index (χ3v) is 3.17. The average Bonchev–Trinajstić information content (AvgIpc) is 2.53. The van der Waals surface area contributed by atoms with Crippen molar-refractivity contribution in [1.82, 2.24) is 4.98 Å². The number of para-hydroxylation sites is 1. The summed E-state index contributed by atoms with van der Waals surface area (Å²) < 4.78 is 0. The topological polar surface area (TPSA) is 37.3 Å². The van der Waals surface area contributed by atoms with Crippen molar-refractivity contribution in [2.24, 2.45) is 5.10 Å². The van der Waals surface area contributed by atoms with Crippen LogP contribution in [0.3, 0.4) is 0 Å². The maximum atomic E-state index is 4.44. The van der Waals surface area contributed by atoms with Crippen LogP contribution >= 0.6 is 0 Å². The Balaban J connectivity index is 1.91. The predicted octanol–water partition coefficient (Wildman–Crippen LogP) is 4.07. The number of nitrogens with one attached hydrogen (secondary N) is 1. The Labute approximate surface area is 118 Å². The van der Waals surface area contributed by atoms with Crippen LogP contribution in [0.2, 0.25) is 0 Å². The fourth-order valence-electron chi connectivity index (χ4n) is 2.08. The van der Waals surface area contributed by atoms with Crippen LogP contribution in [0.1, 0.15) is 12.5 Å². The van der Waals surface area contributed by atoms with E-state index in [1.165, 1.54) is 0 Å². The highest BCUT2D eigenvalue weighted by Gasteiger charge is 2.01. The lowest BCUT2D eigenvalue weighted by molar-refractivity contribution is 1.31. The lowest BCUT2D eigenvalue weighted by atomic mass is 10.1. The van der Waals surface area contributed by atoms with Gasteiger partial charge in [0.25, 0.3) is 0 Å². The molecule has 0 atom stereocenters. The molecule has 0 bridgehead atoms. The lowest BCUT2D eigenvalue weighted by Crippen LogP contribution is -2.00. The van der Waals surface area contributed by atoms with E-state index in [-0.39, 0.29) is 0 Å². The number of pyridine rings is 1. The molecule has 3 aromatic rings. The van der Waals surface area contributed by atoms with Gasteiger partial charge in [0.1, 0.15) is 0 Å². The molecule has 0 aliphatic rings. The van der Waals surface area contributed by atoms with Crippen molar-refractivity contribution >= 4 is 22.3 Å². The van der Waals surface area contributed by atoms with Crippen LogP contribution in [0.5, 0.6) is 0 Å². The summed E-state index contributed by atoms with van der Waals surface area (Å²) >= 11 is 0. The smallest absolute Gasteiger partial charge is 0.0951 e. The van der Waals surface area contributed by atoms with Crippen LogP contribution in [-0.4, -0.2) is 10.7 Å². The molecular formula is C17H15N3. The van der Waals surface area contributed by atoms with Crippen LogP contribution in [-0.2, 0) is 0 Å². The van der Waals surface area contributed by atoms with Crippen LogP contribution in [0.15, 0.2) is 72.0 Å². The molecule has 0 saturated carbocycles. The molecule has 0 saturated heterocycles. The van der Waals surface area contributed by atoms with Crippen LogP contribution in [0.4, 0.5) is 5.69 Å². The van der Waals surface area contributed by atoms with E-state index >= 15 is 0 Å². The quantitative estimate of drug-likeness (QED) is 0.570. The molecule has 0 radical (unpaired) electrons. The summed E-state index contributed by atoms with van der Waals surface area (Å²) in [6.07, 6.45) is 1.79. The summed E-state index contributed by atoms with van der Waals surface area (Å²) in [5, 5.41) is 5.54. The van der Waals surface area contributed by atoms with Gasteiger partial charge >= 0.3 is 0 Å². The Bertz CT molecular complexity index is 743. The van der Waals surface area contributed by atoms with Gasteiger partial charge in [0, 0.05) is 11.6 Å². The Morgan fingerprint density at radius 2 is 1.75 bits per heavy atom. The molecule has 0 aliphatic heterocycles. The number of fused-ring (bicyclic) bond motifs is 1. The van der Waals surface area contributed by atoms with E-state index in [2.05, 4.69) is 15.5 Å². The number of hydrazone groups is 1. The van der Waals surface area contributed by atoms with E-state index in [0.717, 1.165) is 27.9 Å². The standard InChI is InChI=1S/C17H15N3/c1-13(14-7-3-2-4-8-14)19-20-16-11-5-9-15-10-6-12-18-17(15)16/h2-12,20H,1H3/b19-13-. The van der Waals surface area contributed by atoms with Crippen molar-refractivity contribution in [3.63, 3.8) is 0 Å². The molecule has 0 unspecified atom stereocenters. The molecule has 0 spiro atoms. The zero-order valence-corrected chi connectivity index (χ0v) is 11.2. The Hall–Kier alpha value is -2.68. The maximum absolute atomic E-state index is 4.44. The first kappa shape index (κ1) is 12.4. The van der Waals surface area contributed by atoms with Gasteiger partial charge in [0.05, 0.1) is 16.9 Å². The Morgan fingerprint density at radius 3 is 2.60 bits per heavy atom. The molecular weight excluding hydrogens is 246 g/mol. The van der Waals surface area contributed by atoms with Gasteiger partial charge in [-0.25, -0.2) is 0 Å². The van der Waals surface area contributed by atoms with Crippen LogP contribution < -0.4 is 5.43 Å². The zero-order valence-electron chi connectivity index (χ0n) is 11.2. The van der Waals surface area contributed by atoms with Gasteiger partial charge in [0.2, 0.25) is 0 Å². The minimum atomic E-state index is 0.915. The molecule has 1 N–H and O–H groups in total. The van der Waals surface area contributed by atoms with Crippen molar-refractivity contribution in [3.8, 4) is 0 Å². The third kappa shape index (κ3) is 2.52. The van der Waals surface area contributed by atoms with E-state index in [1.807, 2.05) is 67.6 Å². The van der Waals surface area contributed by atoms with Crippen molar-refractivity contribution in [1.29, 1.82) is 0 Å². The first-order valence-corrected chi connectivity index (χ1v) is 6.54. The number of hydrogen-bond acceptors (Lipinski definition) is 3. The second-order valence-corrected chi connectivity index (χ2v) is 4.56. The summed E-state index contributed by atoms with van der Waals surface area (Å²) in [6, 6.07) is 20.1. The third-order valence-electron chi connectivity index (χ3n) is 3.17. The molecule has 1 aromatic heterocycles. The molecule has 3 heteroatoms. The van der Waals surface area contributed by atoms with Gasteiger partial charge < -0.3 is 0 Å². The van der Waals surface area contributed by atoms with E-state index in [1.54, 1.807) is 6.20 Å². The highest BCUT2D eigenvalue weighted by Crippen LogP contribution is 2.20. The lowest BCUT2D eigenvalue weighted by Gasteiger charge is -2.06. The summed E-state index contributed by atoms with van der Waals surface area (Å²) in [6.45, 7) is 1.99. The van der Waals surface area contributed by atoms with Gasteiger partial charge in [-0.1, -0.05) is 48.5 Å². The number of nitrogens with zero attached hydrogens (tertiary/aromatic N) is 2. The fourth-order valence-corrected chi connectivity index (χ4v) is 2.08. The van der Waals surface area contributed by atoms with Gasteiger partial charge in [-0.05, 0) is 24.6 Å². The molecule has 98 valence electrons. The zero-order chi connectivity index (χ0) is 13.8. The SMILES string of the molecule is C/C(=N/Nc1cccc2cccnc12)c1ccccc1.